The normalized spacial score (nSPS) is 27.1. The van der Waals surface area contributed by atoms with Crippen LogP contribution in [0.2, 0.25) is 0 Å². The summed E-state index contributed by atoms with van der Waals surface area (Å²) in [5.41, 5.74) is 5.32. The van der Waals surface area contributed by atoms with E-state index in [1.165, 1.54) is 0 Å². The number of nitrogens with two attached hydrogens (primary N) is 1. The third-order valence-corrected chi connectivity index (χ3v) is 3.95. The van der Waals surface area contributed by atoms with Crippen molar-refractivity contribution in [2.45, 2.75) is 45.3 Å². The lowest BCUT2D eigenvalue weighted by molar-refractivity contribution is 0.0284. The van der Waals surface area contributed by atoms with Gasteiger partial charge in [-0.05, 0) is 51.7 Å². The first-order chi connectivity index (χ1) is 8.78. The number of hydrogen-bond donors (Lipinski definition) is 1. The van der Waals surface area contributed by atoms with Crippen molar-refractivity contribution in [3.63, 3.8) is 0 Å². The Morgan fingerprint density at radius 1 is 1.37 bits per heavy atom. The molecule has 5 nitrogen and oxygen atoms in total. The zero-order valence-electron chi connectivity index (χ0n) is 11.9. The molecule has 0 bridgehead atoms. The summed E-state index contributed by atoms with van der Waals surface area (Å²) in [6.07, 6.45) is 1.98. The Bertz CT molecular complexity index is 381. The summed E-state index contributed by atoms with van der Waals surface area (Å²) in [6.45, 7) is 7.97. The minimum absolute atomic E-state index is 0.232. The Hall–Kier alpha value is -1.04. The average molecular weight is 285 g/mol. The zero-order valence-corrected chi connectivity index (χ0v) is 12.7. The van der Waals surface area contributed by atoms with Crippen LogP contribution in [0.1, 0.15) is 33.6 Å². The molecular weight excluding hydrogens is 262 g/mol. The summed E-state index contributed by atoms with van der Waals surface area (Å²) in [5.74, 6) is 0.461. The van der Waals surface area contributed by atoms with Crippen LogP contribution in [-0.2, 0) is 4.74 Å². The van der Waals surface area contributed by atoms with E-state index in [0.717, 1.165) is 25.9 Å². The van der Waals surface area contributed by atoms with Gasteiger partial charge in [-0.25, -0.2) is 4.79 Å². The van der Waals surface area contributed by atoms with Crippen molar-refractivity contribution in [2.75, 3.05) is 19.6 Å². The molecule has 0 radical (unpaired) electrons. The lowest BCUT2D eigenvalue weighted by Crippen LogP contribution is -2.50. The molecule has 108 valence electrons. The van der Waals surface area contributed by atoms with Crippen molar-refractivity contribution in [1.29, 1.82) is 0 Å². The fraction of sp³-hybridized carbons (Fsp3) is 0.846. The predicted octanol–water partition coefficient (Wildman–Crippen LogP) is 1.56. The number of carbonyl (C=O) groups is 1. The van der Waals surface area contributed by atoms with E-state index < -0.39 is 5.60 Å². The van der Waals surface area contributed by atoms with Gasteiger partial charge in [0, 0.05) is 19.6 Å². The highest BCUT2D eigenvalue weighted by Crippen LogP contribution is 2.31. The molecule has 0 aliphatic carbocycles. The summed E-state index contributed by atoms with van der Waals surface area (Å²) < 4.78 is 5.43. The molecule has 2 atom stereocenters. The Morgan fingerprint density at radius 2 is 2.05 bits per heavy atom. The van der Waals surface area contributed by atoms with Crippen molar-refractivity contribution >= 4 is 23.4 Å². The molecule has 2 heterocycles. The second-order valence-corrected chi connectivity index (χ2v) is 6.80. The van der Waals surface area contributed by atoms with Crippen LogP contribution in [0.25, 0.3) is 0 Å². The van der Waals surface area contributed by atoms with Crippen molar-refractivity contribution < 1.29 is 9.53 Å². The first kappa shape index (κ1) is 14.4. The molecular formula is C13H23N3O2S. The molecule has 0 saturated carbocycles. The number of amides is 1. The number of thiocarbonyl (C=S) groups is 1. The lowest BCUT2D eigenvalue weighted by Gasteiger charge is -2.37. The summed E-state index contributed by atoms with van der Waals surface area (Å²) >= 11 is 5.10. The second kappa shape index (κ2) is 5.15. The molecule has 0 aromatic rings. The number of likely N-dealkylation sites (tertiary alicyclic amines) is 2. The van der Waals surface area contributed by atoms with Gasteiger partial charge in [-0.1, -0.05) is 0 Å². The number of piperidine rings is 1. The second-order valence-electron chi connectivity index (χ2n) is 6.39. The van der Waals surface area contributed by atoms with E-state index in [1.54, 1.807) is 4.90 Å². The molecule has 2 fully saturated rings. The molecule has 2 rings (SSSR count). The Kier molecular flexibility index (Phi) is 3.90. The first-order valence-electron chi connectivity index (χ1n) is 6.82. The highest BCUT2D eigenvalue weighted by molar-refractivity contribution is 7.80. The Labute approximate surface area is 120 Å². The van der Waals surface area contributed by atoms with Crippen molar-refractivity contribution in [3.05, 3.63) is 0 Å². The number of rotatable bonds is 0. The number of carbonyl (C=O) groups excluding carboxylic acids is 1. The van der Waals surface area contributed by atoms with Crippen LogP contribution in [0.3, 0.4) is 0 Å². The fourth-order valence-corrected chi connectivity index (χ4v) is 3.16. The van der Waals surface area contributed by atoms with E-state index in [1.807, 2.05) is 20.8 Å². The summed E-state index contributed by atoms with van der Waals surface area (Å²) in [4.78, 5) is 16.0. The number of hydrogen-bond acceptors (Lipinski definition) is 3. The SMILES string of the molecule is CC(C)(C)OC(=O)N1C[C@@H]2CCCN(C(N)=S)[C@@H]2C1. The third kappa shape index (κ3) is 3.29. The third-order valence-electron chi connectivity index (χ3n) is 3.72. The van der Waals surface area contributed by atoms with E-state index in [2.05, 4.69) is 4.90 Å². The van der Waals surface area contributed by atoms with E-state index in [0.29, 0.717) is 17.6 Å². The molecule has 2 aliphatic rings. The maximum atomic E-state index is 12.1. The Morgan fingerprint density at radius 3 is 2.63 bits per heavy atom. The molecule has 1 amide bonds. The molecule has 0 spiro atoms. The van der Waals surface area contributed by atoms with Crippen LogP contribution in [0.5, 0.6) is 0 Å². The topological polar surface area (TPSA) is 58.8 Å². The van der Waals surface area contributed by atoms with Crippen LogP contribution in [-0.4, -0.2) is 52.3 Å². The first-order valence-corrected chi connectivity index (χ1v) is 7.23. The summed E-state index contributed by atoms with van der Waals surface area (Å²) in [6, 6.07) is 0.263. The van der Waals surface area contributed by atoms with Crippen LogP contribution in [0, 0.1) is 5.92 Å². The van der Waals surface area contributed by atoms with Gasteiger partial charge in [0.15, 0.2) is 5.11 Å². The fourth-order valence-electron chi connectivity index (χ4n) is 2.93. The molecule has 19 heavy (non-hydrogen) atoms. The molecule has 0 aromatic carbocycles. The van der Waals surface area contributed by atoms with Crippen LogP contribution >= 0.6 is 12.2 Å². The zero-order chi connectivity index (χ0) is 14.2. The molecule has 0 aromatic heterocycles. The van der Waals surface area contributed by atoms with Gasteiger partial charge in [-0.2, -0.15) is 0 Å². The van der Waals surface area contributed by atoms with Crippen LogP contribution in [0.15, 0.2) is 0 Å². The van der Waals surface area contributed by atoms with Crippen molar-refractivity contribution in [1.82, 2.24) is 9.80 Å². The van der Waals surface area contributed by atoms with Crippen LogP contribution in [0.4, 0.5) is 4.79 Å². The molecule has 0 unspecified atom stereocenters. The smallest absolute Gasteiger partial charge is 0.410 e. The maximum absolute atomic E-state index is 12.1. The van der Waals surface area contributed by atoms with Gasteiger partial charge >= 0.3 is 6.09 Å². The van der Waals surface area contributed by atoms with E-state index >= 15 is 0 Å². The van der Waals surface area contributed by atoms with Gasteiger partial charge in [0.25, 0.3) is 0 Å². The maximum Gasteiger partial charge on any atom is 0.410 e. The van der Waals surface area contributed by atoms with Gasteiger partial charge in [0.2, 0.25) is 0 Å². The molecule has 2 aliphatic heterocycles. The van der Waals surface area contributed by atoms with Gasteiger partial charge < -0.3 is 20.3 Å². The van der Waals surface area contributed by atoms with Crippen LogP contribution < -0.4 is 5.73 Å². The van der Waals surface area contributed by atoms with Crippen molar-refractivity contribution in [3.8, 4) is 0 Å². The predicted molar refractivity (Wildman–Crippen MR) is 77.8 cm³/mol. The quantitative estimate of drug-likeness (QED) is 0.685. The number of fused-ring (bicyclic) bond motifs is 1. The highest BCUT2D eigenvalue weighted by atomic mass is 32.1. The highest BCUT2D eigenvalue weighted by Gasteiger charge is 2.42. The standard InChI is InChI=1S/C13H23N3O2S/c1-13(2,3)18-12(17)15-7-9-5-4-6-16(11(14)19)10(9)8-15/h9-10H,4-8H2,1-3H3,(H2,14,19)/t9-,10+/m0/s1. The van der Waals surface area contributed by atoms with Gasteiger partial charge in [-0.3, -0.25) is 0 Å². The van der Waals surface area contributed by atoms with Crippen molar-refractivity contribution in [2.24, 2.45) is 11.7 Å². The lowest BCUT2D eigenvalue weighted by atomic mass is 9.92. The largest absolute Gasteiger partial charge is 0.444 e. The minimum Gasteiger partial charge on any atom is -0.444 e. The minimum atomic E-state index is -0.451. The number of ether oxygens (including phenoxy) is 1. The molecule has 6 heteroatoms. The monoisotopic (exact) mass is 285 g/mol. The number of nitrogens with zero attached hydrogens (tertiary/aromatic N) is 2. The van der Waals surface area contributed by atoms with E-state index in [4.69, 9.17) is 22.7 Å². The van der Waals surface area contributed by atoms with E-state index in [9.17, 15) is 4.79 Å². The van der Waals surface area contributed by atoms with Gasteiger partial charge in [0.1, 0.15) is 5.60 Å². The molecule has 2 N–H and O–H groups in total. The van der Waals surface area contributed by atoms with Gasteiger partial charge in [0.05, 0.1) is 6.04 Å². The summed E-state index contributed by atoms with van der Waals surface area (Å²) in [5, 5.41) is 0.445. The average Bonchev–Trinajstić information content (AvgIpc) is 2.69. The summed E-state index contributed by atoms with van der Waals surface area (Å²) in [7, 11) is 0. The Balaban J connectivity index is 2.01. The molecule has 2 saturated heterocycles. The van der Waals surface area contributed by atoms with E-state index in [-0.39, 0.29) is 12.1 Å². The van der Waals surface area contributed by atoms with Gasteiger partial charge in [-0.15, -0.1) is 0 Å².